The van der Waals surface area contributed by atoms with Gasteiger partial charge >= 0.3 is 0 Å². The van der Waals surface area contributed by atoms with Crippen LogP contribution in [0.1, 0.15) is 37.7 Å². The van der Waals surface area contributed by atoms with Crippen LogP contribution in [0.4, 0.5) is 5.69 Å². The molecule has 1 heterocycles. The lowest BCUT2D eigenvalue weighted by atomic mass is 9.64. The topological polar surface area (TPSA) is 42.0 Å². The number of anilines is 1. The number of aromatic nitrogens is 1. The maximum Gasteiger partial charge on any atom is 0.230 e. The maximum atomic E-state index is 12.9. The number of nitrogens with zero attached hydrogens (tertiary/aromatic N) is 1. The van der Waals surface area contributed by atoms with Crippen molar-refractivity contribution in [3.8, 4) is 0 Å². The van der Waals surface area contributed by atoms with Gasteiger partial charge in [0, 0.05) is 23.2 Å². The Morgan fingerprint density at radius 1 is 1.29 bits per heavy atom. The number of nitrogens with one attached hydrogen (secondary N) is 1. The van der Waals surface area contributed by atoms with Crippen LogP contribution in [0, 0.1) is 18.3 Å². The monoisotopic (exact) mass is 280 g/mol. The van der Waals surface area contributed by atoms with Gasteiger partial charge in [-0.25, -0.2) is 0 Å². The summed E-state index contributed by atoms with van der Waals surface area (Å²) in [5, 5.41) is 5.41. The van der Waals surface area contributed by atoms with Crippen molar-refractivity contribution in [2.75, 3.05) is 5.32 Å². The summed E-state index contributed by atoms with van der Waals surface area (Å²) in [7, 11) is 0. The average Bonchev–Trinajstić information content (AvgIpc) is 3.26. The van der Waals surface area contributed by atoms with Gasteiger partial charge in [0.1, 0.15) is 0 Å². The third-order valence-corrected chi connectivity index (χ3v) is 5.32. The molecule has 2 fully saturated rings. The van der Waals surface area contributed by atoms with E-state index in [1.54, 1.807) is 6.20 Å². The van der Waals surface area contributed by atoms with Crippen LogP contribution in [0.25, 0.3) is 10.8 Å². The van der Waals surface area contributed by atoms with Crippen LogP contribution < -0.4 is 5.32 Å². The molecule has 21 heavy (non-hydrogen) atoms. The number of pyridine rings is 1. The Bertz CT molecular complexity index is 714. The summed E-state index contributed by atoms with van der Waals surface area (Å²) >= 11 is 0. The molecular weight excluding hydrogens is 260 g/mol. The van der Waals surface area contributed by atoms with E-state index in [4.69, 9.17) is 0 Å². The molecule has 2 saturated carbocycles. The second kappa shape index (κ2) is 4.55. The molecule has 2 aliphatic rings. The molecule has 1 aromatic carbocycles. The van der Waals surface area contributed by atoms with E-state index in [1.807, 2.05) is 12.3 Å². The summed E-state index contributed by atoms with van der Waals surface area (Å²) in [4.78, 5) is 17.0. The Labute approximate surface area is 124 Å². The van der Waals surface area contributed by atoms with Crippen LogP contribution in [0.3, 0.4) is 0 Å². The zero-order valence-electron chi connectivity index (χ0n) is 12.4. The van der Waals surface area contributed by atoms with E-state index >= 15 is 0 Å². The molecule has 0 spiro atoms. The molecule has 0 radical (unpaired) electrons. The first kappa shape index (κ1) is 12.8. The Kier molecular flexibility index (Phi) is 2.78. The molecule has 108 valence electrons. The first-order valence-corrected chi connectivity index (χ1v) is 7.85. The molecule has 0 atom stereocenters. The normalized spacial score (nSPS) is 20.0. The van der Waals surface area contributed by atoms with Crippen molar-refractivity contribution in [3.63, 3.8) is 0 Å². The molecule has 3 heteroatoms. The van der Waals surface area contributed by atoms with Crippen molar-refractivity contribution in [3.05, 3.63) is 36.2 Å². The molecule has 0 unspecified atom stereocenters. The lowest BCUT2D eigenvalue weighted by molar-refractivity contribution is -0.132. The number of hydrogen-bond acceptors (Lipinski definition) is 2. The van der Waals surface area contributed by atoms with E-state index in [1.165, 1.54) is 19.3 Å². The fourth-order valence-corrected chi connectivity index (χ4v) is 3.70. The fraction of sp³-hybridized carbons (Fsp3) is 0.444. The molecule has 0 bridgehead atoms. The molecule has 0 aliphatic heterocycles. The van der Waals surface area contributed by atoms with Gasteiger partial charge in [-0.2, -0.15) is 0 Å². The lowest BCUT2D eigenvalue weighted by Crippen LogP contribution is -2.43. The Morgan fingerprint density at radius 3 is 2.76 bits per heavy atom. The van der Waals surface area contributed by atoms with Gasteiger partial charge in [-0.3, -0.25) is 9.78 Å². The number of carbonyl (C=O) groups excluding carboxylic acids is 1. The number of amides is 1. The Morgan fingerprint density at radius 2 is 2.10 bits per heavy atom. The van der Waals surface area contributed by atoms with E-state index in [0.717, 1.165) is 34.9 Å². The molecule has 3 nitrogen and oxygen atoms in total. The molecule has 2 aliphatic carbocycles. The van der Waals surface area contributed by atoms with Crippen LogP contribution in [0.15, 0.2) is 30.6 Å². The second-order valence-electron chi connectivity index (χ2n) is 6.59. The summed E-state index contributed by atoms with van der Waals surface area (Å²) in [6, 6.07) is 6.11. The number of benzene rings is 1. The van der Waals surface area contributed by atoms with Gasteiger partial charge in [0.25, 0.3) is 0 Å². The highest BCUT2D eigenvalue weighted by Crippen LogP contribution is 2.57. The van der Waals surface area contributed by atoms with Gasteiger partial charge in [-0.15, -0.1) is 0 Å². The van der Waals surface area contributed by atoms with Crippen LogP contribution in [-0.2, 0) is 4.79 Å². The van der Waals surface area contributed by atoms with Gasteiger partial charge < -0.3 is 5.32 Å². The first-order valence-electron chi connectivity index (χ1n) is 7.85. The summed E-state index contributed by atoms with van der Waals surface area (Å²) in [6.07, 6.45) is 9.42. The molecule has 1 N–H and O–H groups in total. The third-order valence-electron chi connectivity index (χ3n) is 5.32. The largest absolute Gasteiger partial charge is 0.325 e. The molecule has 1 amide bonds. The molecule has 1 aromatic heterocycles. The van der Waals surface area contributed by atoms with Crippen molar-refractivity contribution in [2.45, 2.75) is 39.0 Å². The number of carbonyl (C=O) groups is 1. The van der Waals surface area contributed by atoms with Crippen LogP contribution >= 0.6 is 0 Å². The Balaban J connectivity index is 1.71. The highest BCUT2D eigenvalue weighted by Gasteiger charge is 2.54. The average molecular weight is 280 g/mol. The Hall–Kier alpha value is -1.90. The smallest absolute Gasteiger partial charge is 0.230 e. The maximum absolute atomic E-state index is 12.9. The van der Waals surface area contributed by atoms with Crippen molar-refractivity contribution in [2.24, 2.45) is 11.3 Å². The van der Waals surface area contributed by atoms with Crippen molar-refractivity contribution in [1.82, 2.24) is 4.98 Å². The number of rotatable bonds is 3. The minimum atomic E-state index is -0.0678. The standard InChI is InChI=1S/C18H20N2O/c1-12-3-4-13-11-19-10-7-15(13)16(12)20-17(21)18(8-2-9-18)14-5-6-14/h3-4,7,10-11,14H,2,5-6,8-9H2,1H3,(H,20,21). The van der Waals surface area contributed by atoms with Crippen molar-refractivity contribution >= 4 is 22.4 Å². The van der Waals surface area contributed by atoms with Gasteiger partial charge in [-0.1, -0.05) is 18.6 Å². The number of hydrogen-bond donors (Lipinski definition) is 1. The van der Waals surface area contributed by atoms with Gasteiger partial charge in [0.2, 0.25) is 5.91 Å². The second-order valence-corrected chi connectivity index (χ2v) is 6.59. The minimum absolute atomic E-state index is 0.0678. The molecular formula is C18H20N2O. The number of fused-ring (bicyclic) bond motifs is 1. The molecule has 4 rings (SSSR count). The molecule has 0 saturated heterocycles. The third kappa shape index (κ3) is 1.95. The van der Waals surface area contributed by atoms with Gasteiger partial charge in [0.15, 0.2) is 0 Å². The van der Waals surface area contributed by atoms with Crippen LogP contribution in [0.2, 0.25) is 0 Å². The van der Waals surface area contributed by atoms with E-state index in [0.29, 0.717) is 5.92 Å². The van der Waals surface area contributed by atoms with E-state index in [-0.39, 0.29) is 11.3 Å². The quantitative estimate of drug-likeness (QED) is 0.921. The highest BCUT2D eigenvalue weighted by atomic mass is 16.2. The van der Waals surface area contributed by atoms with Gasteiger partial charge in [0.05, 0.1) is 11.1 Å². The minimum Gasteiger partial charge on any atom is -0.325 e. The SMILES string of the molecule is Cc1ccc2cnccc2c1NC(=O)C1(C2CC2)CCC1. The number of aryl methyl sites for hydroxylation is 1. The zero-order valence-corrected chi connectivity index (χ0v) is 12.4. The predicted molar refractivity (Wildman–Crippen MR) is 84.1 cm³/mol. The first-order chi connectivity index (χ1) is 10.2. The van der Waals surface area contributed by atoms with E-state index in [2.05, 4.69) is 29.4 Å². The van der Waals surface area contributed by atoms with Gasteiger partial charge in [-0.05, 0) is 50.2 Å². The van der Waals surface area contributed by atoms with Crippen molar-refractivity contribution in [1.29, 1.82) is 0 Å². The predicted octanol–water partition coefficient (Wildman–Crippen LogP) is 4.06. The lowest BCUT2D eigenvalue weighted by Gasteiger charge is -2.40. The summed E-state index contributed by atoms with van der Waals surface area (Å²) in [5.41, 5.74) is 2.01. The summed E-state index contributed by atoms with van der Waals surface area (Å²) in [5.74, 6) is 0.867. The van der Waals surface area contributed by atoms with Crippen molar-refractivity contribution < 1.29 is 4.79 Å². The zero-order chi connectivity index (χ0) is 14.4. The van der Waals surface area contributed by atoms with Crippen LogP contribution in [-0.4, -0.2) is 10.9 Å². The van der Waals surface area contributed by atoms with E-state index in [9.17, 15) is 4.79 Å². The highest BCUT2D eigenvalue weighted by molar-refractivity contribution is 6.05. The molecule has 2 aromatic rings. The summed E-state index contributed by atoms with van der Waals surface area (Å²) < 4.78 is 0. The van der Waals surface area contributed by atoms with E-state index < -0.39 is 0 Å². The van der Waals surface area contributed by atoms with Crippen LogP contribution in [0.5, 0.6) is 0 Å². The fourth-order valence-electron chi connectivity index (χ4n) is 3.70. The summed E-state index contributed by atoms with van der Waals surface area (Å²) in [6.45, 7) is 2.06.